The van der Waals surface area contributed by atoms with Crippen LogP contribution in [0.25, 0.3) is 0 Å². The average molecular weight is 331 g/mol. The van der Waals surface area contributed by atoms with Gasteiger partial charge in [0, 0.05) is 12.1 Å². The zero-order valence-corrected chi connectivity index (χ0v) is 12.9. The topological polar surface area (TPSA) is 132 Å². The molecule has 0 aliphatic rings. The molecular weight excluding hydrogens is 314 g/mol. The Labute approximate surface area is 137 Å². The summed E-state index contributed by atoms with van der Waals surface area (Å²) in [6.07, 6.45) is 0.0945. The van der Waals surface area contributed by atoms with Gasteiger partial charge in [-0.25, -0.2) is 4.79 Å². The summed E-state index contributed by atoms with van der Waals surface area (Å²) in [6.45, 7) is 1.90. The van der Waals surface area contributed by atoms with Gasteiger partial charge in [0.05, 0.1) is 6.42 Å². The van der Waals surface area contributed by atoms with Gasteiger partial charge in [-0.2, -0.15) is 5.10 Å². The number of hydrogen-bond acceptors (Lipinski definition) is 4. The maximum atomic E-state index is 12.2. The fourth-order valence-electron chi connectivity index (χ4n) is 2.30. The Kier molecular flexibility index (Phi) is 5.31. The molecule has 2 aromatic rings. The van der Waals surface area contributed by atoms with E-state index in [0.29, 0.717) is 6.42 Å². The summed E-state index contributed by atoms with van der Waals surface area (Å²) in [7, 11) is 0. The predicted molar refractivity (Wildman–Crippen MR) is 83.9 cm³/mol. The number of benzene rings is 1. The van der Waals surface area contributed by atoms with Crippen LogP contribution in [0.2, 0.25) is 0 Å². The maximum absolute atomic E-state index is 12.2. The summed E-state index contributed by atoms with van der Waals surface area (Å²) in [5.41, 5.74) is 1.61. The lowest BCUT2D eigenvalue weighted by Gasteiger charge is -2.17. The highest BCUT2D eigenvalue weighted by atomic mass is 16.4. The summed E-state index contributed by atoms with van der Waals surface area (Å²) in [6, 6.07) is 7.95. The molecule has 8 nitrogen and oxygen atoms in total. The molecule has 8 heteroatoms. The Morgan fingerprint density at radius 2 is 1.96 bits per heavy atom. The fraction of sp³-hybridized carbons (Fsp3) is 0.250. The molecule has 0 spiro atoms. The zero-order valence-electron chi connectivity index (χ0n) is 12.9. The van der Waals surface area contributed by atoms with Crippen LogP contribution in [0.4, 0.5) is 0 Å². The molecule has 1 aromatic heterocycles. The number of nitrogens with one attached hydrogen (secondary N) is 2. The average Bonchev–Trinajstić information content (AvgIpc) is 2.99. The van der Waals surface area contributed by atoms with Crippen molar-refractivity contribution in [2.24, 2.45) is 0 Å². The van der Waals surface area contributed by atoms with Crippen LogP contribution >= 0.6 is 0 Å². The normalized spacial score (nSPS) is 11.7. The van der Waals surface area contributed by atoms with Gasteiger partial charge in [0.2, 0.25) is 0 Å². The number of amides is 1. The summed E-state index contributed by atoms with van der Waals surface area (Å²) in [5, 5.41) is 26.3. The first-order valence-corrected chi connectivity index (χ1v) is 7.22. The van der Waals surface area contributed by atoms with Crippen molar-refractivity contribution in [3.63, 3.8) is 0 Å². The third kappa shape index (κ3) is 4.42. The summed E-state index contributed by atoms with van der Waals surface area (Å²) in [4.78, 5) is 34.0. The standard InChI is InChI=1S/C16H17N3O5/c1-9-4-2-3-5-10(9)6-11(7-14(20)21)17-15(22)12-8-13(16(23)24)19-18-12/h2-5,8,11H,6-7H2,1H3,(H,17,22)(H,18,19)(H,20,21)(H,23,24)/t11-/m1/s1. The molecule has 0 aliphatic carbocycles. The van der Waals surface area contributed by atoms with E-state index in [9.17, 15) is 14.4 Å². The summed E-state index contributed by atoms with van der Waals surface area (Å²) < 4.78 is 0. The molecule has 0 radical (unpaired) electrons. The number of aromatic nitrogens is 2. The SMILES string of the molecule is Cc1ccccc1C[C@H](CC(=O)O)NC(=O)c1cc(C(=O)O)[nH]n1. The Bertz CT molecular complexity index is 769. The van der Waals surface area contributed by atoms with Crippen molar-refractivity contribution in [3.8, 4) is 0 Å². The largest absolute Gasteiger partial charge is 0.481 e. The molecule has 126 valence electrons. The number of aromatic amines is 1. The molecule has 1 amide bonds. The van der Waals surface area contributed by atoms with Crippen LogP contribution in [-0.2, 0) is 11.2 Å². The number of rotatable bonds is 7. The monoisotopic (exact) mass is 331 g/mol. The van der Waals surface area contributed by atoms with Gasteiger partial charge in [-0.3, -0.25) is 14.7 Å². The number of aliphatic carboxylic acids is 1. The molecule has 1 atom stereocenters. The number of carboxylic acids is 2. The molecule has 1 heterocycles. The van der Waals surface area contributed by atoms with Gasteiger partial charge >= 0.3 is 11.9 Å². The minimum atomic E-state index is -1.23. The highest BCUT2D eigenvalue weighted by Gasteiger charge is 2.20. The molecular formula is C16H17N3O5. The number of nitrogens with zero attached hydrogens (tertiary/aromatic N) is 1. The van der Waals surface area contributed by atoms with Gasteiger partial charge in [0.25, 0.3) is 5.91 Å². The minimum Gasteiger partial charge on any atom is -0.481 e. The second-order valence-electron chi connectivity index (χ2n) is 5.37. The van der Waals surface area contributed by atoms with Crippen LogP contribution in [0.15, 0.2) is 30.3 Å². The predicted octanol–water partition coefficient (Wildman–Crippen LogP) is 1.23. The first kappa shape index (κ1) is 17.2. The van der Waals surface area contributed by atoms with E-state index < -0.39 is 23.9 Å². The van der Waals surface area contributed by atoms with Gasteiger partial charge in [-0.05, 0) is 24.5 Å². The van der Waals surface area contributed by atoms with Crippen LogP contribution in [0, 0.1) is 6.92 Å². The lowest BCUT2D eigenvalue weighted by molar-refractivity contribution is -0.137. The van der Waals surface area contributed by atoms with Crippen molar-refractivity contribution in [2.45, 2.75) is 25.8 Å². The second-order valence-corrected chi connectivity index (χ2v) is 5.37. The van der Waals surface area contributed by atoms with E-state index in [-0.39, 0.29) is 17.8 Å². The molecule has 0 fully saturated rings. The third-order valence-electron chi connectivity index (χ3n) is 3.52. The maximum Gasteiger partial charge on any atom is 0.353 e. The first-order valence-electron chi connectivity index (χ1n) is 7.22. The van der Waals surface area contributed by atoms with E-state index in [1.165, 1.54) is 0 Å². The van der Waals surface area contributed by atoms with Gasteiger partial charge in [-0.1, -0.05) is 24.3 Å². The minimum absolute atomic E-state index is 0.104. The molecule has 24 heavy (non-hydrogen) atoms. The Balaban J connectivity index is 2.12. The van der Waals surface area contributed by atoms with Gasteiger partial charge < -0.3 is 15.5 Å². The molecule has 2 rings (SSSR count). The van der Waals surface area contributed by atoms with E-state index in [0.717, 1.165) is 17.2 Å². The molecule has 0 saturated carbocycles. The summed E-state index contributed by atoms with van der Waals surface area (Å²) in [5.74, 6) is -2.90. The Hall–Kier alpha value is -3.16. The van der Waals surface area contributed by atoms with E-state index in [2.05, 4.69) is 15.5 Å². The van der Waals surface area contributed by atoms with Crippen molar-refractivity contribution in [2.75, 3.05) is 0 Å². The van der Waals surface area contributed by atoms with Crippen molar-refractivity contribution in [1.29, 1.82) is 0 Å². The van der Waals surface area contributed by atoms with Crippen LogP contribution in [0.1, 0.15) is 38.5 Å². The molecule has 0 aliphatic heterocycles. The number of hydrogen-bond donors (Lipinski definition) is 4. The van der Waals surface area contributed by atoms with Gasteiger partial charge in [0.1, 0.15) is 5.69 Å². The highest BCUT2D eigenvalue weighted by Crippen LogP contribution is 2.12. The molecule has 1 aromatic carbocycles. The Morgan fingerprint density at radius 1 is 1.25 bits per heavy atom. The number of carboxylic acid groups (broad SMARTS) is 2. The molecule has 4 N–H and O–H groups in total. The van der Waals surface area contributed by atoms with Crippen LogP contribution in [0.5, 0.6) is 0 Å². The van der Waals surface area contributed by atoms with E-state index >= 15 is 0 Å². The third-order valence-corrected chi connectivity index (χ3v) is 3.52. The number of carbonyl (C=O) groups is 3. The van der Waals surface area contributed by atoms with Crippen LogP contribution in [-0.4, -0.2) is 44.3 Å². The lowest BCUT2D eigenvalue weighted by atomic mass is 9.99. The Morgan fingerprint density at radius 3 is 2.54 bits per heavy atom. The fourth-order valence-corrected chi connectivity index (χ4v) is 2.30. The molecule has 0 bridgehead atoms. The van der Waals surface area contributed by atoms with E-state index in [4.69, 9.17) is 10.2 Å². The summed E-state index contributed by atoms with van der Waals surface area (Å²) >= 11 is 0. The van der Waals surface area contributed by atoms with Crippen molar-refractivity contribution in [3.05, 3.63) is 52.8 Å². The lowest BCUT2D eigenvalue weighted by Crippen LogP contribution is -2.38. The van der Waals surface area contributed by atoms with Gasteiger partial charge in [0.15, 0.2) is 5.69 Å². The van der Waals surface area contributed by atoms with Gasteiger partial charge in [-0.15, -0.1) is 0 Å². The van der Waals surface area contributed by atoms with Crippen molar-refractivity contribution < 1.29 is 24.6 Å². The molecule has 0 unspecified atom stereocenters. The number of aromatic carboxylic acids is 1. The smallest absolute Gasteiger partial charge is 0.353 e. The molecule has 0 saturated heterocycles. The van der Waals surface area contributed by atoms with Crippen molar-refractivity contribution in [1.82, 2.24) is 15.5 Å². The van der Waals surface area contributed by atoms with Crippen LogP contribution < -0.4 is 5.32 Å². The quantitative estimate of drug-likeness (QED) is 0.603. The van der Waals surface area contributed by atoms with Crippen LogP contribution in [0.3, 0.4) is 0 Å². The second kappa shape index (κ2) is 7.40. The number of aryl methyl sites for hydroxylation is 1. The van der Waals surface area contributed by atoms with E-state index in [1.54, 1.807) is 0 Å². The number of carbonyl (C=O) groups excluding carboxylic acids is 1. The van der Waals surface area contributed by atoms with Crippen molar-refractivity contribution >= 4 is 17.8 Å². The zero-order chi connectivity index (χ0) is 17.7. The number of H-pyrrole nitrogens is 1. The first-order chi connectivity index (χ1) is 11.4. The van der Waals surface area contributed by atoms with E-state index in [1.807, 2.05) is 31.2 Å². The highest BCUT2D eigenvalue weighted by molar-refractivity contribution is 5.95.